The number of nitrogens with two attached hydrogens (primary N) is 1. The molecular weight excluding hydrogens is 228 g/mol. The largest absolute Gasteiger partial charge is 0.370 e. The van der Waals surface area contributed by atoms with Crippen molar-refractivity contribution in [3.05, 3.63) is 0 Å². The van der Waals surface area contributed by atoms with E-state index in [0.29, 0.717) is 6.54 Å². The summed E-state index contributed by atoms with van der Waals surface area (Å²) in [5.41, 5.74) is 4.86. The molecule has 0 spiro atoms. The average Bonchev–Trinajstić information content (AvgIpc) is 2.27. The topological polar surface area (TPSA) is 123 Å². The van der Waals surface area contributed by atoms with Crippen molar-refractivity contribution in [2.24, 2.45) is 5.73 Å². The molecule has 0 radical (unpaired) electrons. The molecule has 0 fully saturated rings. The standard InChI is InChI=1S/C9H18N4O4/c1-6(8(15)13-9(16)11-2)12-3-4-17-5-7(10)14/h6,12H,3-5H2,1-2H3,(H2,10,14)(H2,11,13,15,16). The second-order valence-electron chi connectivity index (χ2n) is 3.26. The Bertz CT molecular complexity index is 282. The molecular formula is C9H18N4O4. The normalized spacial score (nSPS) is 11.6. The van der Waals surface area contributed by atoms with E-state index in [9.17, 15) is 14.4 Å². The summed E-state index contributed by atoms with van der Waals surface area (Å²) in [6.07, 6.45) is 0. The Morgan fingerprint density at radius 3 is 2.53 bits per heavy atom. The molecule has 0 heterocycles. The van der Waals surface area contributed by atoms with E-state index in [1.807, 2.05) is 0 Å². The van der Waals surface area contributed by atoms with Gasteiger partial charge in [-0.15, -0.1) is 0 Å². The molecule has 17 heavy (non-hydrogen) atoms. The minimum absolute atomic E-state index is 0.152. The van der Waals surface area contributed by atoms with Crippen LogP contribution in [0.15, 0.2) is 0 Å². The van der Waals surface area contributed by atoms with Gasteiger partial charge in [0.05, 0.1) is 12.6 Å². The van der Waals surface area contributed by atoms with E-state index in [-0.39, 0.29) is 13.2 Å². The third-order valence-corrected chi connectivity index (χ3v) is 1.80. The van der Waals surface area contributed by atoms with Crippen LogP contribution in [0.2, 0.25) is 0 Å². The van der Waals surface area contributed by atoms with Crippen LogP contribution in [0.25, 0.3) is 0 Å². The number of rotatable bonds is 7. The zero-order valence-corrected chi connectivity index (χ0v) is 9.91. The van der Waals surface area contributed by atoms with E-state index in [0.717, 1.165) is 0 Å². The lowest BCUT2D eigenvalue weighted by molar-refractivity contribution is -0.123. The van der Waals surface area contributed by atoms with Crippen LogP contribution in [0.3, 0.4) is 0 Å². The van der Waals surface area contributed by atoms with Gasteiger partial charge in [-0.3, -0.25) is 14.9 Å². The van der Waals surface area contributed by atoms with Gasteiger partial charge in [-0.05, 0) is 6.92 Å². The molecule has 0 aliphatic rings. The van der Waals surface area contributed by atoms with Crippen LogP contribution in [0, 0.1) is 0 Å². The van der Waals surface area contributed by atoms with Gasteiger partial charge in [0.15, 0.2) is 0 Å². The number of urea groups is 1. The van der Waals surface area contributed by atoms with Crippen LogP contribution in [0.5, 0.6) is 0 Å². The lowest BCUT2D eigenvalue weighted by Gasteiger charge is -2.12. The van der Waals surface area contributed by atoms with E-state index in [1.54, 1.807) is 6.92 Å². The van der Waals surface area contributed by atoms with Gasteiger partial charge >= 0.3 is 6.03 Å². The predicted octanol–water partition coefficient (Wildman–Crippen LogP) is -2.08. The highest BCUT2D eigenvalue weighted by Gasteiger charge is 2.13. The first-order chi connectivity index (χ1) is 7.97. The fraction of sp³-hybridized carbons (Fsp3) is 0.667. The molecule has 0 saturated heterocycles. The Morgan fingerprint density at radius 2 is 2.00 bits per heavy atom. The van der Waals surface area contributed by atoms with E-state index < -0.39 is 23.9 Å². The lowest BCUT2D eigenvalue weighted by atomic mass is 10.3. The Morgan fingerprint density at radius 1 is 1.35 bits per heavy atom. The lowest BCUT2D eigenvalue weighted by Crippen LogP contribution is -2.48. The van der Waals surface area contributed by atoms with Crippen molar-refractivity contribution in [1.82, 2.24) is 16.0 Å². The van der Waals surface area contributed by atoms with Gasteiger partial charge in [0, 0.05) is 13.6 Å². The zero-order chi connectivity index (χ0) is 13.3. The number of imide groups is 1. The minimum atomic E-state index is -0.561. The number of ether oxygens (including phenoxy) is 1. The van der Waals surface area contributed by atoms with Crippen LogP contribution in [0.4, 0.5) is 4.79 Å². The molecule has 0 aromatic rings. The van der Waals surface area contributed by atoms with Crippen LogP contribution in [-0.4, -0.2) is 50.7 Å². The first kappa shape index (κ1) is 15.3. The number of carbonyl (C=O) groups excluding carboxylic acids is 3. The monoisotopic (exact) mass is 246 g/mol. The third-order valence-electron chi connectivity index (χ3n) is 1.80. The van der Waals surface area contributed by atoms with Gasteiger partial charge < -0.3 is 21.1 Å². The van der Waals surface area contributed by atoms with Crippen LogP contribution < -0.4 is 21.7 Å². The molecule has 0 aliphatic heterocycles. The molecule has 0 rings (SSSR count). The van der Waals surface area contributed by atoms with Gasteiger partial charge in [0.2, 0.25) is 11.8 Å². The molecule has 0 bridgehead atoms. The van der Waals surface area contributed by atoms with Crippen LogP contribution in [-0.2, 0) is 14.3 Å². The second-order valence-corrected chi connectivity index (χ2v) is 3.26. The van der Waals surface area contributed by atoms with Gasteiger partial charge in [-0.25, -0.2) is 4.79 Å². The molecule has 0 aliphatic carbocycles. The maximum Gasteiger partial charge on any atom is 0.321 e. The Labute approximate surface area is 99.2 Å². The summed E-state index contributed by atoms with van der Waals surface area (Å²) in [7, 11) is 1.42. The number of nitrogens with one attached hydrogen (secondary N) is 3. The van der Waals surface area contributed by atoms with Crippen molar-refractivity contribution in [2.45, 2.75) is 13.0 Å². The zero-order valence-electron chi connectivity index (χ0n) is 9.91. The fourth-order valence-electron chi connectivity index (χ4n) is 0.896. The summed E-state index contributed by atoms with van der Waals surface area (Å²) < 4.78 is 4.88. The summed E-state index contributed by atoms with van der Waals surface area (Å²) >= 11 is 0. The Hall–Kier alpha value is -1.67. The second kappa shape index (κ2) is 8.48. The maximum absolute atomic E-state index is 11.3. The summed E-state index contributed by atoms with van der Waals surface area (Å²) in [4.78, 5) is 32.5. The molecule has 1 unspecified atom stereocenters. The SMILES string of the molecule is CNC(=O)NC(=O)C(C)NCCOCC(N)=O. The Balaban J connectivity index is 3.64. The average molecular weight is 246 g/mol. The van der Waals surface area contributed by atoms with E-state index in [1.165, 1.54) is 7.05 Å². The molecule has 1 atom stereocenters. The van der Waals surface area contributed by atoms with Gasteiger partial charge in [0.1, 0.15) is 6.61 Å². The summed E-state index contributed by atoms with van der Waals surface area (Å²) in [5.74, 6) is -0.991. The van der Waals surface area contributed by atoms with Crippen LogP contribution >= 0.6 is 0 Å². The van der Waals surface area contributed by atoms with Gasteiger partial charge in [0.25, 0.3) is 0 Å². The number of carbonyl (C=O) groups is 3. The van der Waals surface area contributed by atoms with E-state index in [2.05, 4.69) is 16.0 Å². The summed E-state index contributed by atoms with van der Waals surface area (Å²) in [6, 6.07) is -1.10. The highest BCUT2D eigenvalue weighted by Crippen LogP contribution is 1.82. The predicted molar refractivity (Wildman–Crippen MR) is 60.1 cm³/mol. The third kappa shape index (κ3) is 8.17. The van der Waals surface area contributed by atoms with Crippen molar-refractivity contribution < 1.29 is 19.1 Å². The van der Waals surface area contributed by atoms with Gasteiger partial charge in [-0.1, -0.05) is 0 Å². The highest BCUT2D eigenvalue weighted by molar-refractivity contribution is 5.96. The summed E-state index contributed by atoms with van der Waals surface area (Å²) in [5, 5.41) is 7.20. The molecule has 98 valence electrons. The smallest absolute Gasteiger partial charge is 0.321 e. The van der Waals surface area contributed by atoms with Crippen molar-refractivity contribution in [2.75, 3.05) is 26.8 Å². The number of hydrogen-bond acceptors (Lipinski definition) is 5. The Kier molecular flexibility index (Phi) is 7.65. The first-order valence-corrected chi connectivity index (χ1v) is 5.09. The van der Waals surface area contributed by atoms with Crippen molar-refractivity contribution in [1.29, 1.82) is 0 Å². The molecule has 8 nitrogen and oxygen atoms in total. The quantitative estimate of drug-likeness (QED) is 0.384. The highest BCUT2D eigenvalue weighted by atomic mass is 16.5. The van der Waals surface area contributed by atoms with Gasteiger partial charge in [-0.2, -0.15) is 0 Å². The minimum Gasteiger partial charge on any atom is -0.370 e. The van der Waals surface area contributed by atoms with Crippen molar-refractivity contribution in [3.63, 3.8) is 0 Å². The van der Waals surface area contributed by atoms with Crippen LogP contribution in [0.1, 0.15) is 6.92 Å². The fourth-order valence-corrected chi connectivity index (χ4v) is 0.896. The molecule has 5 N–H and O–H groups in total. The maximum atomic E-state index is 11.3. The first-order valence-electron chi connectivity index (χ1n) is 5.09. The van der Waals surface area contributed by atoms with Crippen molar-refractivity contribution in [3.8, 4) is 0 Å². The number of hydrogen-bond donors (Lipinski definition) is 4. The van der Waals surface area contributed by atoms with E-state index in [4.69, 9.17) is 10.5 Å². The molecule has 0 aromatic heterocycles. The molecule has 8 heteroatoms. The van der Waals surface area contributed by atoms with Crippen molar-refractivity contribution >= 4 is 17.8 Å². The number of amides is 4. The van der Waals surface area contributed by atoms with E-state index >= 15 is 0 Å². The molecule has 4 amide bonds. The molecule has 0 saturated carbocycles. The number of primary amides is 1. The molecule has 0 aromatic carbocycles. The summed E-state index contributed by atoms with van der Waals surface area (Å²) in [6.45, 7) is 2.07.